The number of amides is 1. The number of rotatable bonds is 7. The molecule has 2 aromatic rings. The fourth-order valence-electron chi connectivity index (χ4n) is 3.26. The molecule has 1 saturated heterocycles. The third kappa shape index (κ3) is 5.56. The van der Waals surface area contributed by atoms with E-state index in [-0.39, 0.29) is 17.5 Å². The first-order chi connectivity index (χ1) is 13.6. The minimum absolute atomic E-state index is 0.0294. The van der Waals surface area contributed by atoms with Crippen molar-refractivity contribution in [1.29, 1.82) is 0 Å². The summed E-state index contributed by atoms with van der Waals surface area (Å²) < 4.78 is 5.12. The van der Waals surface area contributed by atoms with Gasteiger partial charge < -0.3 is 15.4 Å². The summed E-state index contributed by atoms with van der Waals surface area (Å²) in [5.74, 6) is 1.26. The van der Waals surface area contributed by atoms with Crippen molar-refractivity contribution in [2.24, 2.45) is 0 Å². The van der Waals surface area contributed by atoms with Crippen molar-refractivity contribution in [1.82, 2.24) is 14.9 Å². The maximum Gasteiger partial charge on any atom is 0.252 e. The Morgan fingerprint density at radius 2 is 2.00 bits per heavy atom. The van der Waals surface area contributed by atoms with Crippen LogP contribution in [0.15, 0.2) is 35.1 Å². The molecule has 150 valence electrons. The molecule has 1 aliphatic heterocycles. The largest absolute Gasteiger partial charge is 0.497 e. The molecule has 1 aromatic heterocycles. The summed E-state index contributed by atoms with van der Waals surface area (Å²) in [6, 6.07) is 9.04. The number of nitrogens with one attached hydrogen (secondary N) is 3. The molecular weight excluding hydrogens is 358 g/mol. The highest BCUT2D eigenvalue weighted by Gasteiger charge is 2.21. The van der Waals surface area contributed by atoms with E-state index in [1.54, 1.807) is 7.11 Å². The number of likely N-dealkylation sites (tertiary alicyclic amines) is 1. The number of aromatic amines is 1. The predicted octanol–water partition coefficient (Wildman–Crippen LogP) is 1.86. The second-order valence-electron chi connectivity index (χ2n) is 6.91. The minimum atomic E-state index is -0.137. The molecule has 0 spiro atoms. The number of aryl methyl sites for hydroxylation is 1. The highest BCUT2D eigenvalue weighted by atomic mass is 16.5. The first-order valence-corrected chi connectivity index (χ1v) is 9.58. The Labute approximate surface area is 164 Å². The fourth-order valence-corrected chi connectivity index (χ4v) is 3.26. The molecule has 0 bridgehead atoms. The van der Waals surface area contributed by atoms with Crippen LogP contribution in [0.5, 0.6) is 5.75 Å². The van der Waals surface area contributed by atoms with Crippen LogP contribution in [0.4, 0.5) is 11.6 Å². The molecule has 0 saturated carbocycles. The van der Waals surface area contributed by atoms with Crippen LogP contribution >= 0.6 is 0 Å². The van der Waals surface area contributed by atoms with Gasteiger partial charge in [-0.05, 0) is 43.5 Å². The van der Waals surface area contributed by atoms with Gasteiger partial charge in [0, 0.05) is 36.6 Å². The first kappa shape index (κ1) is 19.9. The van der Waals surface area contributed by atoms with Crippen LogP contribution in [0.1, 0.15) is 25.5 Å². The summed E-state index contributed by atoms with van der Waals surface area (Å²) in [6.45, 7) is 3.96. The quantitative estimate of drug-likeness (QED) is 0.673. The highest BCUT2D eigenvalue weighted by Crippen LogP contribution is 2.16. The van der Waals surface area contributed by atoms with Gasteiger partial charge in [-0.2, -0.15) is 0 Å². The molecule has 8 heteroatoms. The van der Waals surface area contributed by atoms with Gasteiger partial charge >= 0.3 is 0 Å². The Bertz CT molecular complexity index is 842. The van der Waals surface area contributed by atoms with E-state index >= 15 is 0 Å². The number of benzene rings is 1. The van der Waals surface area contributed by atoms with Gasteiger partial charge in [-0.25, -0.2) is 4.98 Å². The van der Waals surface area contributed by atoms with Gasteiger partial charge in [-0.3, -0.25) is 19.5 Å². The number of hydrogen-bond donors (Lipinski definition) is 3. The van der Waals surface area contributed by atoms with E-state index in [0.29, 0.717) is 12.5 Å². The summed E-state index contributed by atoms with van der Waals surface area (Å²) in [6.07, 6.45) is 2.49. The maximum absolute atomic E-state index is 12.3. The van der Waals surface area contributed by atoms with Gasteiger partial charge in [0.25, 0.3) is 5.56 Å². The number of methoxy groups -OCH3 is 1. The summed E-state index contributed by atoms with van der Waals surface area (Å²) in [5.41, 5.74) is 1.40. The van der Waals surface area contributed by atoms with E-state index in [2.05, 4.69) is 25.5 Å². The first-order valence-electron chi connectivity index (χ1n) is 9.58. The number of nitrogens with zero attached hydrogens (tertiary/aromatic N) is 2. The Balaban J connectivity index is 1.45. The zero-order valence-electron chi connectivity index (χ0n) is 16.3. The molecule has 0 radical (unpaired) electrons. The smallest absolute Gasteiger partial charge is 0.252 e. The molecule has 0 atom stereocenters. The third-order valence-electron chi connectivity index (χ3n) is 4.83. The summed E-state index contributed by atoms with van der Waals surface area (Å²) in [4.78, 5) is 33.2. The van der Waals surface area contributed by atoms with E-state index in [1.807, 2.05) is 31.2 Å². The van der Waals surface area contributed by atoms with Crippen LogP contribution in [0.2, 0.25) is 0 Å². The lowest BCUT2D eigenvalue weighted by molar-refractivity contribution is -0.117. The zero-order valence-corrected chi connectivity index (χ0v) is 16.3. The molecule has 0 unspecified atom stereocenters. The molecule has 3 rings (SSSR count). The average molecular weight is 385 g/mol. The second kappa shape index (κ2) is 9.36. The molecule has 3 N–H and O–H groups in total. The van der Waals surface area contributed by atoms with Gasteiger partial charge in [-0.15, -0.1) is 0 Å². The van der Waals surface area contributed by atoms with Gasteiger partial charge in [0.05, 0.1) is 13.7 Å². The number of piperidine rings is 1. The van der Waals surface area contributed by atoms with Crippen molar-refractivity contribution in [2.75, 3.05) is 37.4 Å². The van der Waals surface area contributed by atoms with Crippen LogP contribution in [0.3, 0.4) is 0 Å². The normalized spacial score (nSPS) is 15.2. The summed E-state index contributed by atoms with van der Waals surface area (Å²) >= 11 is 0. The molecule has 8 nitrogen and oxygen atoms in total. The fraction of sp³-hybridized carbons (Fsp3) is 0.450. The summed E-state index contributed by atoms with van der Waals surface area (Å²) in [7, 11) is 1.61. The number of hydrogen-bond acceptors (Lipinski definition) is 6. The maximum atomic E-state index is 12.3. The van der Waals surface area contributed by atoms with Crippen LogP contribution in [-0.4, -0.2) is 53.6 Å². The third-order valence-corrected chi connectivity index (χ3v) is 4.83. The highest BCUT2D eigenvalue weighted by molar-refractivity contribution is 5.92. The van der Waals surface area contributed by atoms with E-state index in [1.165, 1.54) is 6.07 Å². The topological polar surface area (TPSA) is 99.4 Å². The van der Waals surface area contributed by atoms with Crippen molar-refractivity contribution in [3.05, 3.63) is 46.4 Å². The van der Waals surface area contributed by atoms with Crippen LogP contribution < -0.4 is 20.9 Å². The Morgan fingerprint density at radius 1 is 1.29 bits per heavy atom. The molecule has 0 aliphatic carbocycles. The van der Waals surface area contributed by atoms with Crippen molar-refractivity contribution in [2.45, 2.75) is 32.2 Å². The number of H-pyrrole nitrogens is 1. The lowest BCUT2D eigenvalue weighted by Gasteiger charge is -2.32. The molecule has 28 heavy (non-hydrogen) atoms. The van der Waals surface area contributed by atoms with Crippen molar-refractivity contribution in [3.8, 4) is 5.75 Å². The molecule has 1 amide bonds. The molecular formula is C20H27N5O3. The van der Waals surface area contributed by atoms with Crippen molar-refractivity contribution < 1.29 is 9.53 Å². The minimum Gasteiger partial charge on any atom is -0.497 e. The number of anilines is 2. The molecule has 1 aromatic carbocycles. The van der Waals surface area contributed by atoms with Gasteiger partial charge in [0.1, 0.15) is 5.75 Å². The van der Waals surface area contributed by atoms with Gasteiger partial charge in [0.2, 0.25) is 11.9 Å². The van der Waals surface area contributed by atoms with Gasteiger partial charge in [-0.1, -0.05) is 6.92 Å². The predicted molar refractivity (Wildman–Crippen MR) is 109 cm³/mol. The number of carbonyl (C=O) groups is 1. The van der Waals surface area contributed by atoms with E-state index in [0.717, 1.165) is 49.5 Å². The van der Waals surface area contributed by atoms with Crippen LogP contribution in [-0.2, 0) is 11.2 Å². The zero-order chi connectivity index (χ0) is 19.9. The number of carbonyl (C=O) groups excluding carboxylic acids is 1. The number of aromatic nitrogens is 2. The lowest BCUT2D eigenvalue weighted by atomic mass is 10.1. The molecule has 1 fully saturated rings. The summed E-state index contributed by atoms with van der Waals surface area (Å²) in [5, 5.41) is 6.22. The average Bonchev–Trinajstić information content (AvgIpc) is 2.69. The lowest BCUT2D eigenvalue weighted by Crippen LogP contribution is -2.43. The van der Waals surface area contributed by atoms with E-state index in [9.17, 15) is 9.59 Å². The van der Waals surface area contributed by atoms with Crippen molar-refractivity contribution >= 4 is 17.5 Å². The Hall–Kier alpha value is -2.87. The van der Waals surface area contributed by atoms with Crippen LogP contribution in [0, 0.1) is 0 Å². The van der Waals surface area contributed by atoms with E-state index < -0.39 is 0 Å². The van der Waals surface area contributed by atoms with Crippen molar-refractivity contribution in [3.63, 3.8) is 0 Å². The van der Waals surface area contributed by atoms with Gasteiger partial charge in [0.15, 0.2) is 0 Å². The molecule has 1 aliphatic rings. The molecule has 2 heterocycles. The monoisotopic (exact) mass is 385 g/mol. The van der Waals surface area contributed by atoms with Crippen LogP contribution in [0.25, 0.3) is 0 Å². The number of ether oxygens (including phenoxy) is 1. The van der Waals surface area contributed by atoms with E-state index in [4.69, 9.17) is 4.74 Å². The Morgan fingerprint density at radius 3 is 2.64 bits per heavy atom. The Kier molecular flexibility index (Phi) is 6.65. The SMILES string of the molecule is CCc1cc(=O)[nH]c(NC2CCN(CC(=O)Nc3ccc(OC)cc3)CC2)n1. The second-order valence-corrected chi connectivity index (χ2v) is 6.91. The standard InChI is InChI=1S/C20H27N5O3/c1-3-14-12-18(26)24-20(22-14)23-16-8-10-25(11-9-16)13-19(27)21-15-4-6-17(28-2)7-5-15/h4-7,12,16H,3,8-11,13H2,1-2H3,(H,21,27)(H2,22,23,24,26).